The third-order valence-electron chi connectivity index (χ3n) is 2.61. The first-order chi connectivity index (χ1) is 8.06. The van der Waals surface area contributed by atoms with Gasteiger partial charge in [-0.25, -0.2) is 0 Å². The maximum Gasteiger partial charge on any atom is 0.161 e. The van der Waals surface area contributed by atoms with Crippen molar-refractivity contribution in [1.29, 1.82) is 0 Å². The van der Waals surface area contributed by atoms with E-state index < -0.39 is 0 Å². The molecule has 0 fully saturated rings. The largest absolute Gasteiger partial charge is 0.498 e. The summed E-state index contributed by atoms with van der Waals surface area (Å²) in [5.74, 6) is 1.99. The van der Waals surface area contributed by atoms with Gasteiger partial charge in [-0.2, -0.15) is 0 Å². The van der Waals surface area contributed by atoms with Crippen molar-refractivity contribution in [3.8, 4) is 0 Å². The predicted octanol–water partition coefficient (Wildman–Crippen LogP) is 3.52. The molecule has 0 aromatic heterocycles. The van der Waals surface area contributed by atoms with Crippen molar-refractivity contribution in [1.82, 2.24) is 0 Å². The van der Waals surface area contributed by atoms with E-state index in [9.17, 15) is 0 Å². The SMILES string of the molecule is C=C(COCC(C)CCC)C(OC)=C(C)OC. The molecule has 0 aliphatic carbocycles. The Balaban J connectivity index is 4.09. The van der Waals surface area contributed by atoms with Gasteiger partial charge in [-0.15, -0.1) is 0 Å². The lowest BCUT2D eigenvalue weighted by atomic mass is 10.1. The molecule has 0 heterocycles. The van der Waals surface area contributed by atoms with Gasteiger partial charge in [0.25, 0.3) is 0 Å². The summed E-state index contributed by atoms with van der Waals surface area (Å²) in [5, 5.41) is 0. The highest BCUT2D eigenvalue weighted by atomic mass is 16.5. The smallest absolute Gasteiger partial charge is 0.161 e. The summed E-state index contributed by atoms with van der Waals surface area (Å²) in [7, 11) is 3.23. The molecule has 0 saturated heterocycles. The van der Waals surface area contributed by atoms with Crippen molar-refractivity contribution in [3.63, 3.8) is 0 Å². The Labute approximate surface area is 105 Å². The van der Waals surface area contributed by atoms with E-state index in [0.29, 0.717) is 18.3 Å². The molecule has 100 valence electrons. The molecule has 0 bridgehead atoms. The van der Waals surface area contributed by atoms with Crippen molar-refractivity contribution in [2.24, 2.45) is 5.92 Å². The summed E-state index contributed by atoms with van der Waals surface area (Å²) in [6.45, 7) is 11.4. The van der Waals surface area contributed by atoms with Crippen LogP contribution < -0.4 is 0 Å². The Morgan fingerprint density at radius 3 is 2.35 bits per heavy atom. The minimum absolute atomic E-state index is 0.484. The molecule has 0 aromatic rings. The molecule has 1 atom stereocenters. The van der Waals surface area contributed by atoms with Crippen molar-refractivity contribution >= 4 is 0 Å². The first kappa shape index (κ1) is 16.0. The number of ether oxygens (including phenoxy) is 3. The van der Waals surface area contributed by atoms with Crippen molar-refractivity contribution in [2.75, 3.05) is 27.4 Å². The van der Waals surface area contributed by atoms with E-state index in [1.54, 1.807) is 14.2 Å². The van der Waals surface area contributed by atoms with Crippen LogP contribution in [0, 0.1) is 5.92 Å². The van der Waals surface area contributed by atoms with Crippen LogP contribution in [-0.2, 0) is 14.2 Å². The van der Waals surface area contributed by atoms with E-state index in [1.807, 2.05) is 6.92 Å². The van der Waals surface area contributed by atoms with Crippen molar-refractivity contribution < 1.29 is 14.2 Å². The maximum atomic E-state index is 5.62. The molecule has 3 heteroatoms. The first-order valence-electron chi connectivity index (χ1n) is 6.11. The molecule has 1 unspecified atom stereocenters. The van der Waals surface area contributed by atoms with Gasteiger partial charge in [-0.3, -0.25) is 0 Å². The summed E-state index contributed by atoms with van der Waals surface area (Å²) < 4.78 is 16.0. The van der Waals surface area contributed by atoms with Crippen LogP contribution in [0.5, 0.6) is 0 Å². The number of methoxy groups -OCH3 is 2. The summed E-state index contributed by atoms with van der Waals surface area (Å²) in [6, 6.07) is 0. The second kappa shape index (κ2) is 9.11. The van der Waals surface area contributed by atoms with E-state index in [-0.39, 0.29) is 0 Å². The standard InChI is InChI=1S/C14H26O3/c1-7-8-11(2)9-17-10-12(3)14(16-6)13(4)15-5/h11H,3,7-10H2,1-2,4-6H3. The van der Waals surface area contributed by atoms with E-state index in [0.717, 1.165) is 17.9 Å². The number of hydrogen-bond donors (Lipinski definition) is 0. The second-order valence-corrected chi connectivity index (χ2v) is 4.31. The van der Waals surface area contributed by atoms with Gasteiger partial charge in [0.2, 0.25) is 0 Å². The Morgan fingerprint density at radius 1 is 1.24 bits per heavy atom. The average molecular weight is 242 g/mol. The third-order valence-corrected chi connectivity index (χ3v) is 2.61. The highest BCUT2D eigenvalue weighted by Crippen LogP contribution is 2.15. The Morgan fingerprint density at radius 2 is 1.88 bits per heavy atom. The topological polar surface area (TPSA) is 27.7 Å². The lowest BCUT2D eigenvalue weighted by Crippen LogP contribution is -2.10. The quantitative estimate of drug-likeness (QED) is 0.457. The average Bonchev–Trinajstić information content (AvgIpc) is 2.30. The molecule has 0 aliphatic rings. The van der Waals surface area contributed by atoms with Gasteiger partial charge in [-0.1, -0.05) is 26.8 Å². The van der Waals surface area contributed by atoms with Gasteiger partial charge in [0, 0.05) is 12.2 Å². The van der Waals surface area contributed by atoms with Crippen LogP contribution in [0.15, 0.2) is 23.7 Å². The van der Waals surface area contributed by atoms with Gasteiger partial charge in [0.15, 0.2) is 5.76 Å². The van der Waals surface area contributed by atoms with E-state index in [4.69, 9.17) is 14.2 Å². The molecule has 0 spiro atoms. The predicted molar refractivity (Wildman–Crippen MR) is 70.7 cm³/mol. The van der Waals surface area contributed by atoms with Gasteiger partial charge < -0.3 is 14.2 Å². The molecular weight excluding hydrogens is 216 g/mol. The lowest BCUT2D eigenvalue weighted by molar-refractivity contribution is 0.115. The van der Waals surface area contributed by atoms with E-state index in [1.165, 1.54) is 12.8 Å². The summed E-state index contributed by atoms with van der Waals surface area (Å²) in [4.78, 5) is 0. The van der Waals surface area contributed by atoms with Gasteiger partial charge >= 0.3 is 0 Å². The number of rotatable bonds is 9. The monoisotopic (exact) mass is 242 g/mol. The molecular formula is C14H26O3. The van der Waals surface area contributed by atoms with E-state index in [2.05, 4.69) is 20.4 Å². The van der Waals surface area contributed by atoms with Crippen molar-refractivity contribution in [2.45, 2.75) is 33.6 Å². The Hall–Kier alpha value is -0.960. The van der Waals surface area contributed by atoms with Crippen LogP contribution in [0.1, 0.15) is 33.6 Å². The maximum absolute atomic E-state index is 5.62. The molecule has 0 amide bonds. The molecule has 0 aliphatic heterocycles. The summed E-state index contributed by atoms with van der Waals surface area (Å²) in [5.41, 5.74) is 0.815. The highest BCUT2D eigenvalue weighted by Gasteiger charge is 2.09. The fourth-order valence-corrected chi connectivity index (χ4v) is 1.65. The van der Waals surface area contributed by atoms with Gasteiger partial charge in [0.1, 0.15) is 5.76 Å². The van der Waals surface area contributed by atoms with Crippen LogP contribution in [-0.4, -0.2) is 27.4 Å². The Bertz CT molecular complexity index is 256. The summed E-state index contributed by atoms with van der Waals surface area (Å²) >= 11 is 0. The van der Waals surface area contributed by atoms with Gasteiger partial charge in [0.05, 0.1) is 20.8 Å². The van der Waals surface area contributed by atoms with Gasteiger partial charge in [-0.05, 0) is 19.3 Å². The number of allylic oxidation sites excluding steroid dienone is 1. The summed E-state index contributed by atoms with van der Waals surface area (Å²) in [6.07, 6.45) is 2.38. The van der Waals surface area contributed by atoms with E-state index >= 15 is 0 Å². The molecule has 0 saturated carbocycles. The van der Waals surface area contributed by atoms with Crippen LogP contribution >= 0.6 is 0 Å². The zero-order valence-corrected chi connectivity index (χ0v) is 11.8. The zero-order chi connectivity index (χ0) is 13.3. The zero-order valence-electron chi connectivity index (χ0n) is 11.8. The van der Waals surface area contributed by atoms with Crippen molar-refractivity contribution in [3.05, 3.63) is 23.7 Å². The molecule has 0 aromatic carbocycles. The first-order valence-corrected chi connectivity index (χ1v) is 6.11. The highest BCUT2D eigenvalue weighted by molar-refractivity contribution is 5.25. The molecule has 17 heavy (non-hydrogen) atoms. The third kappa shape index (κ3) is 6.37. The Kier molecular flexibility index (Phi) is 8.60. The second-order valence-electron chi connectivity index (χ2n) is 4.31. The van der Waals surface area contributed by atoms with Crippen LogP contribution in [0.4, 0.5) is 0 Å². The number of hydrogen-bond acceptors (Lipinski definition) is 3. The molecule has 0 rings (SSSR count). The fraction of sp³-hybridized carbons (Fsp3) is 0.714. The van der Waals surface area contributed by atoms with Crippen LogP contribution in [0.2, 0.25) is 0 Å². The molecule has 0 radical (unpaired) electrons. The fourth-order valence-electron chi connectivity index (χ4n) is 1.65. The normalized spacial score (nSPS) is 13.9. The van der Waals surface area contributed by atoms with Crippen LogP contribution in [0.25, 0.3) is 0 Å². The molecule has 0 N–H and O–H groups in total. The lowest BCUT2D eigenvalue weighted by Gasteiger charge is -2.15. The van der Waals surface area contributed by atoms with Crippen LogP contribution in [0.3, 0.4) is 0 Å². The minimum atomic E-state index is 0.484. The molecule has 3 nitrogen and oxygen atoms in total. The minimum Gasteiger partial charge on any atom is -0.498 e.